The molecule has 0 saturated carbocycles. The highest BCUT2D eigenvalue weighted by Crippen LogP contribution is 2.24. The summed E-state index contributed by atoms with van der Waals surface area (Å²) in [5.41, 5.74) is 0. The molecule has 7 heteroatoms. The number of thioether (sulfide) groups is 1. The van der Waals surface area contributed by atoms with Crippen molar-refractivity contribution < 1.29 is 13.2 Å². The average molecular weight is 335 g/mol. The number of amides is 1. The molecule has 21 heavy (non-hydrogen) atoms. The van der Waals surface area contributed by atoms with Crippen LogP contribution in [0, 0.1) is 0 Å². The Bertz CT molecular complexity index is 447. The Hall–Kier alpha value is -0.270. The Morgan fingerprint density at radius 2 is 2.10 bits per heavy atom. The second-order valence-electron chi connectivity index (χ2n) is 5.95. The summed E-state index contributed by atoms with van der Waals surface area (Å²) in [4.78, 5) is 14.4. The number of sulfone groups is 1. The normalized spacial score (nSPS) is 26.8. The van der Waals surface area contributed by atoms with Gasteiger partial charge < -0.3 is 5.32 Å². The molecule has 0 aliphatic carbocycles. The van der Waals surface area contributed by atoms with E-state index < -0.39 is 9.84 Å². The van der Waals surface area contributed by atoms with Crippen molar-refractivity contribution >= 4 is 27.5 Å². The van der Waals surface area contributed by atoms with E-state index in [9.17, 15) is 13.2 Å². The van der Waals surface area contributed by atoms with E-state index in [0.29, 0.717) is 24.8 Å². The van der Waals surface area contributed by atoms with Crippen LogP contribution in [0.25, 0.3) is 0 Å². The maximum atomic E-state index is 11.9. The van der Waals surface area contributed by atoms with E-state index in [0.717, 1.165) is 19.5 Å². The molecular weight excluding hydrogens is 308 g/mol. The number of hydrogen-bond acceptors (Lipinski definition) is 5. The smallest absolute Gasteiger partial charge is 0.230 e. The Balaban J connectivity index is 1.65. The largest absolute Gasteiger partial charge is 0.354 e. The molecule has 0 bridgehead atoms. The SMILES string of the molecule is CCC(CNC(=O)CSC1CCS(=O)(=O)C1)N1CCCC1. The fourth-order valence-corrected chi connectivity index (χ4v) is 6.48. The fraction of sp³-hybridized carbons (Fsp3) is 0.929. The molecule has 122 valence electrons. The maximum Gasteiger partial charge on any atom is 0.230 e. The van der Waals surface area contributed by atoms with Gasteiger partial charge >= 0.3 is 0 Å². The molecule has 0 aromatic heterocycles. The zero-order valence-corrected chi connectivity index (χ0v) is 14.3. The third-order valence-corrected chi connectivity index (χ3v) is 7.59. The third kappa shape index (κ3) is 5.45. The Morgan fingerprint density at radius 1 is 1.38 bits per heavy atom. The van der Waals surface area contributed by atoms with Gasteiger partial charge in [-0.2, -0.15) is 0 Å². The van der Waals surface area contributed by atoms with Crippen LogP contribution < -0.4 is 5.32 Å². The zero-order chi connectivity index (χ0) is 15.3. The van der Waals surface area contributed by atoms with Crippen molar-refractivity contribution in [1.29, 1.82) is 0 Å². The molecule has 2 heterocycles. The summed E-state index contributed by atoms with van der Waals surface area (Å²) >= 11 is 1.48. The molecule has 1 N–H and O–H groups in total. The molecule has 2 unspecified atom stereocenters. The van der Waals surface area contributed by atoms with Crippen LogP contribution in [-0.2, 0) is 14.6 Å². The molecule has 2 aliphatic rings. The summed E-state index contributed by atoms with van der Waals surface area (Å²) in [5.74, 6) is 0.911. The molecule has 2 rings (SSSR count). The van der Waals surface area contributed by atoms with Gasteiger partial charge in [-0.15, -0.1) is 11.8 Å². The molecule has 0 spiro atoms. The van der Waals surface area contributed by atoms with Gasteiger partial charge in [0.1, 0.15) is 0 Å². The van der Waals surface area contributed by atoms with Crippen molar-refractivity contribution in [1.82, 2.24) is 10.2 Å². The van der Waals surface area contributed by atoms with E-state index in [1.807, 2.05) is 0 Å². The highest BCUT2D eigenvalue weighted by Gasteiger charge is 2.28. The third-order valence-electron chi connectivity index (χ3n) is 4.30. The Labute approximate surface area is 132 Å². The molecule has 2 aliphatic heterocycles. The van der Waals surface area contributed by atoms with E-state index in [4.69, 9.17) is 0 Å². The molecule has 5 nitrogen and oxygen atoms in total. The monoisotopic (exact) mass is 334 g/mol. The predicted octanol–water partition coefficient (Wildman–Crippen LogP) is 0.897. The molecule has 2 saturated heterocycles. The van der Waals surface area contributed by atoms with Gasteiger partial charge in [-0.1, -0.05) is 6.92 Å². The minimum absolute atomic E-state index is 0.0296. The number of hydrogen-bond donors (Lipinski definition) is 1. The standard InChI is InChI=1S/C14H26N2O3S2/c1-2-12(16-6-3-4-7-16)9-15-14(17)10-20-13-5-8-21(18,19)11-13/h12-13H,2-11H2,1H3,(H,15,17). The molecule has 0 aromatic carbocycles. The number of carbonyl (C=O) groups is 1. The molecule has 0 aromatic rings. The summed E-state index contributed by atoms with van der Waals surface area (Å²) < 4.78 is 22.7. The van der Waals surface area contributed by atoms with Gasteiger partial charge in [0.25, 0.3) is 0 Å². The molecule has 1 amide bonds. The van der Waals surface area contributed by atoms with Crippen molar-refractivity contribution in [2.24, 2.45) is 0 Å². The lowest BCUT2D eigenvalue weighted by molar-refractivity contribution is -0.118. The summed E-state index contributed by atoms with van der Waals surface area (Å²) in [6.07, 6.45) is 4.26. The first-order chi connectivity index (χ1) is 10.00. The van der Waals surface area contributed by atoms with Crippen LogP contribution in [-0.4, -0.2) is 67.4 Å². The highest BCUT2D eigenvalue weighted by molar-refractivity contribution is 8.02. The van der Waals surface area contributed by atoms with Crippen LogP contribution >= 0.6 is 11.8 Å². The fourth-order valence-electron chi connectivity index (χ4n) is 3.01. The van der Waals surface area contributed by atoms with Crippen LogP contribution in [0.15, 0.2) is 0 Å². The average Bonchev–Trinajstić information content (AvgIpc) is 3.07. The number of rotatable bonds is 7. The first-order valence-electron chi connectivity index (χ1n) is 7.83. The van der Waals surface area contributed by atoms with Gasteiger partial charge in [0, 0.05) is 17.8 Å². The summed E-state index contributed by atoms with van der Waals surface area (Å²) in [5, 5.41) is 3.10. The molecule has 2 fully saturated rings. The van der Waals surface area contributed by atoms with E-state index >= 15 is 0 Å². The van der Waals surface area contributed by atoms with E-state index in [1.54, 1.807) is 0 Å². The van der Waals surface area contributed by atoms with Gasteiger partial charge in [-0.3, -0.25) is 9.69 Å². The second-order valence-corrected chi connectivity index (χ2v) is 9.46. The van der Waals surface area contributed by atoms with E-state index in [-0.39, 0.29) is 22.7 Å². The summed E-state index contributed by atoms with van der Waals surface area (Å²) in [6.45, 7) is 5.15. The summed E-state index contributed by atoms with van der Waals surface area (Å²) in [7, 11) is -2.84. The molecular formula is C14H26N2O3S2. The summed E-state index contributed by atoms with van der Waals surface area (Å²) in [6, 6.07) is 0.438. The molecule has 0 radical (unpaired) electrons. The second kappa shape index (κ2) is 7.83. The zero-order valence-electron chi connectivity index (χ0n) is 12.7. The van der Waals surface area contributed by atoms with Gasteiger partial charge in [-0.05, 0) is 38.8 Å². The lowest BCUT2D eigenvalue weighted by Gasteiger charge is -2.26. The number of nitrogens with zero attached hydrogens (tertiary/aromatic N) is 1. The van der Waals surface area contributed by atoms with Crippen molar-refractivity contribution in [2.45, 2.75) is 43.9 Å². The number of nitrogens with one attached hydrogen (secondary N) is 1. The van der Waals surface area contributed by atoms with E-state index in [2.05, 4.69) is 17.1 Å². The maximum absolute atomic E-state index is 11.9. The van der Waals surface area contributed by atoms with Gasteiger partial charge in [0.15, 0.2) is 9.84 Å². The van der Waals surface area contributed by atoms with Gasteiger partial charge in [0.2, 0.25) is 5.91 Å². The van der Waals surface area contributed by atoms with Crippen molar-refractivity contribution in [2.75, 3.05) is 36.9 Å². The first kappa shape index (κ1) is 17.1. The van der Waals surface area contributed by atoms with Crippen LogP contribution in [0.1, 0.15) is 32.6 Å². The minimum atomic E-state index is -2.84. The van der Waals surface area contributed by atoms with Crippen LogP contribution in [0.5, 0.6) is 0 Å². The number of carbonyl (C=O) groups excluding carboxylic acids is 1. The van der Waals surface area contributed by atoms with Crippen LogP contribution in [0.4, 0.5) is 0 Å². The first-order valence-corrected chi connectivity index (χ1v) is 10.7. The number of likely N-dealkylation sites (tertiary alicyclic amines) is 1. The lowest BCUT2D eigenvalue weighted by Crippen LogP contribution is -2.42. The van der Waals surface area contributed by atoms with E-state index in [1.165, 1.54) is 24.6 Å². The Morgan fingerprint density at radius 3 is 2.67 bits per heavy atom. The quantitative estimate of drug-likeness (QED) is 0.749. The van der Waals surface area contributed by atoms with Gasteiger partial charge in [-0.25, -0.2) is 8.42 Å². The predicted molar refractivity (Wildman–Crippen MR) is 87.4 cm³/mol. The van der Waals surface area contributed by atoms with Crippen molar-refractivity contribution in [3.05, 3.63) is 0 Å². The van der Waals surface area contributed by atoms with Crippen LogP contribution in [0.2, 0.25) is 0 Å². The van der Waals surface area contributed by atoms with Crippen LogP contribution in [0.3, 0.4) is 0 Å². The van der Waals surface area contributed by atoms with Crippen molar-refractivity contribution in [3.8, 4) is 0 Å². The van der Waals surface area contributed by atoms with Crippen molar-refractivity contribution in [3.63, 3.8) is 0 Å². The molecule has 2 atom stereocenters. The minimum Gasteiger partial charge on any atom is -0.354 e. The lowest BCUT2D eigenvalue weighted by atomic mass is 10.2. The van der Waals surface area contributed by atoms with Gasteiger partial charge in [0.05, 0.1) is 17.3 Å². The highest BCUT2D eigenvalue weighted by atomic mass is 32.2. The Kier molecular flexibility index (Phi) is 6.37. The topological polar surface area (TPSA) is 66.5 Å².